The van der Waals surface area contributed by atoms with Crippen molar-refractivity contribution in [2.45, 2.75) is 83.0 Å². The number of hydrogen-bond donors (Lipinski definition) is 4. The summed E-state index contributed by atoms with van der Waals surface area (Å²) in [5.74, 6) is -2.72. The van der Waals surface area contributed by atoms with Gasteiger partial charge < -0.3 is 31.5 Å². The number of nitroso groups, excluding NO2 is 2. The van der Waals surface area contributed by atoms with Crippen LogP contribution in [0.1, 0.15) is 58.8 Å². The molecule has 264 valence electrons. The Morgan fingerprint density at radius 2 is 1.40 bits per heavy atom. The van der Waals surface area contributed by atoms with E-state index in [9.17, 15) is 38.6 Å². The van der Waals surface area contributed by atoms with Gasteiger partial charge in [0.1, 0.15) is 24.2 Å². The number of nitrogens with two attached hydrogens (primary N) is 1. The van der Waals surface area contributed by atoms with Crippen LogP contribution < -0.4 is 21.7 Å². The van der Waals surface area contributed by atoms with Crippen LogP contribution in [-0.4, -0.2) is 124 Å². The number of nitrogens with zero attached hydrogens (tertiary/aromatic N) is 6. The number of urea groups is 2. The van der Waals surface area contributed by atoms with Crippen molar-refractivity contribution >= 4 is 58.9 Å². The fraction of sp³-hybridized carbons (Fsp3) is 0.778. The largest absolute Gasteiger partial charge is 0.368 e. The Morgan fingerprint density at radius 1 is 0.851 bits per heavy atom. The maximum absolute atomic E-state index is 13.9. The van der Waals surface area contributed by atoms with Gasteiger partial charge in [-0.15, -0.1) is 33.0 Å². The van der Waals surface area contributed by atoms with Crippen LogP contribution in [0.2, 0.25) is 0 Å². The van der Waals surface area contributed by atoms with Gasteiger partial charge in [-0.3, -0.25) is 19.2 Å². The van der Waals surface area contributed by atoms with Crippen molar-refractivity contribution in [1.82, 2.24) is 35.8 Å². The quantitative estimate of drug-likeness (QED) is 0.0692. The number of primary amides is 1. The lowest BCUT2D eigenvalue weighted by Crippen LogP contribution is -2.58. The molecule has 2 saturated heterocycles. The zero-order chi connectivity index (χ0) is 35.1. The van der Waals surface area contributed by atoms with E-state index in [4.69, 9.17) is 28.9 Å². The molecule has 2 aliphatic rings. The van der Waals surface area contributed by atoms with Crippen LogP contribution in [-0.2, 0) is 19.2 Å². The summed E-state index contributed by atoms with van der Waals surface area (Å²) < 4.78 is 0. The van der Waals surface area contributed by atoms with E-state index in [0.29, 0.717) is 42.1 Å². The lowest BCUT2D eigenvalue weighted by molar-refractivity contribution is -0.142. The number of carbonyl (C=O) groups is 6. The predicted molar refractivity (Wildman–Crippen MR) is 171 cm³/mol. The first-order valence-electron chi connectivity index (χ1n) is 15.5. The van der Waals surface area contributed by atoms with E-state index in [0.717, 1.165) is 0 Å². The molecule has 0 bridgehead atoms. The minimum atomic E-state index is -1.12. The van der Waals surface area contributed by atoms with Crippen molar-refractivity contribution in [2.75, 3.05) is 44.5 Å². The Labute approximate surface area is 282 Å². The first kappa shape index (κ1) is 39.4. The summed E-state index contributed by atoms with van der Waals surface area (Å²) >= 11 is 11.2. The zero-order valence-electron chi connectivity index (χ0n) is 26.6. The highest BCUT2D eigenvalue weighted by atomic mass is 35.5. The molecule has 0 unspecified atom stereocenters. The number of rotatable bonds is 18. The lowest BCUT2D eigenvalue weighted by Gasteiger charge is -2.32. The fourth-order valence-corrected chi connectivity index (χ4v) is 5.85. The molecule has 4 atom stereocenters. The summed E-state index contributed by atoms with van der Waals surface area (Å²) in [6.45, 7) is 3.77. The highest BCUT2D eigenvalue weighted by Crippen LogP contribution is 2.23. The van der Waals surface area contributed by atoms with Gasteiger partial charge in [0.05, 0.1) is 23.7 Å². The molecule has 0 aromatic rings. The molecule has 5 N–H and O–H groups in total. The summed E-state index contributed by atoms with van der Waals surface area (Å²) in [5, 5.41) is 14.5. The summed E-state index contributed by atoms with van der Waals surface area (Å²) in [5.41, 5.74) is 5.46. The maximum atomic E-state index is 13.9. The SMILES string of the molecule is CC(C)[C@H](NC(=O)[C@@H]1CCCN1C(=O)[C@H](CCCCNC(=O)N(CCCl)N=O)NC(=O)[C@@H]1CCCN1C(=O)N(CCCl)N=O)C(N)=O. The Bertz CT molecular complexity index is 1150. The summed E-state index contributed by atoms with van der Waals surface area (Å²) in [6.07, 6.45) is 2.37. The fourth-order valence-electron chi connectivity index (χ4n) is 5.53. The van der Waals surface area contributed by atoms with Gasteiger partial charge in [-0.2, -0.15) is 10.0 Å². The topological polar surface area (TPSA) is 236 Å². The molecule has 20 heteroatoms. The van der Waals surface area contributed by atoms with Crippen LogP contribution in [0.25, 0.3) is 0 Å². The number of halogens is 2. The average Bonchev–Trinajstić information content (AvgIpc) is 3.74. The number of carbonyl (C=O) groups excluding carboxylic acids is 6. The Kier molecular flexibility index (Phi) is 16.6. The van der Waals surface area contributed by atoms with E-state index in [1.165, 1.54) is 9.80 Å². The van der Waals surface area contributed by atoms with E-state index in [2.05, 4.69) is 26.5 Å². The Hall–Kier alpha value is -3.80. The van der Waals surface area contributed by atoms with Gasteiger partial charge in [0.25, 0.3) is 0 Å². The molecule has 0 spiro atoms. The number of unbranched alkanes of at least 4 members (excludes halogenated alkanes) is 1. The second kappa shape index (κ2) is 19.8. The van der Waals surface area contributed by atoms with Crippen molar-refractivity contribution in [1.29, 1.82) is 0 Å². The predicted octanol–water partition coefficient (Wildman–Crippen LogP) is 0.997. The molecule has 2 rings (SSSR count). The molecule has 0 saturated carbocycles. The lowest BCUT2D eigenvalue weighted by atomic mass is 10.0. The van der Waals surface area contributed by atoms with Gasteiger partial charge in [0, 0.05) is 31.4 Å². The van der Waals surface area contributed by atoms with E-state index >= 15 is 0 Å². The number of nitrogens with one attached hydrogen (secondary N) is 3. The van der Waals surface area contributed by atoms with Gasteiger partial charge in [0.2, 0.25) is 23.6 Å². The van der Waals surface area contributed by atoms with Crippen molar-refractivity contribution in [2.24, 2.45) is 22.2 Å². The molecule has 0 aromatic heterocycles. The minimum Gasteiger partial charge on any atom is -0.368 e. The van der Waals surface area contributed by atoms with Crippen LogP contribution in [0.5, 0.6) is 0 Å². The molecule has 8 amide bonds. The molecule has 2 fully saturated rings. The summed E-state index contributed by atoms with van der Waals surface area (Å²) in [7, 11) is 0. The van der Waals surface area contributed by atoms with Crippen LogP contribution in [0.3, 0.4) is 0 Å². The second-order valence-electron chi connectivity index (χ2n) is 11.5. The second-order valence-corrected chi connectivity index (χ2v) is 12.3. The highest BCUT2D eigenvalue weighted by molar-refractivity contribution is 6.18. The van der Waals surface area contributed by atoms with Crippen LogP contribution in [0.4, 0.5) is 9.59 Å². The van der Waals surface area contributed by atoms with Gasteiger partial charge >= 0.3 is 12.1 Å². The maximum Gasteiger partial charge on any atom is 0.343 e. The van der Waals surface area contributed by atoms with Crippen LogP contribution in [0.15, 0.2) is 10.6 Å². The first-order chi connectivity index (χ1) is 22.4. The number of amides is 8. The third-order valence-corrected chi connectivity index (χ3v) is 8.30. The minimum absolute atomic E-state index is 0.0131. The van der Waals surface area contributed by atoms with Gasteiger partial charge in [-0.1, -0.05) is 13.8 Å². The van der Waals surface area contributed by atoms with E-state index < -0.39 is 59.9 Å². The standard InChI is InChI=1S/C27H44Cl2N10O8/c1-17(2)21(22(30)40)33-24(42)19-8-5-13-36(19)25(43)18(7-3-4-12-31-26(44)38(34-46)15-10-28)32-23(41)20-9-6-14-37(20)27(45)39(35-47)16-11-29/h17-21H,3-16H2,1-2H3,(H2,30,40)(H,31,44)(H,32,41)(H,33,42)/t18-,19-,20-,21-/m0/s1. The van der Waals surface area contributed by atoms with Crippen LogP contribution in [0, 0.1) is 15.7 Å². The number of alkyl halides is 2. The molecule has 18 nitrogen and oxygen atoms in total. The van der Waals surface area contributed by atoms with Gasteiger partial charge in [-0.05, 0) is 50.9 Å². The van der Waals surface area contributed by atoms with E-state index in [-0.39, 0.29) is 63.2 Å². The summed E-state index contributed by atoms with van der Waals surface area (Å²) in [4.78, 5) is 102. The first-order valence-corrected chi connectivity index (χ1v) is 16.6. The third kappa shape index (κ3) is 11.2. The van der Waals surface area contributed by atoms with Crippen molar-refractivity contribution < 1.29 is 28.8 Å². The van der Waals surface area contributed by atoms with Gasteiger partial charge in [0.15, 0.2) is 0 Å². The smallest absolute Gasteiger partial charge is 0.343 e. The molecular weight excluding hydrogens is 663 g/mol. The molecule has 0 radical (unpaired) electrons. The molecule has 47 heavy (non-hydrogen) atoms. The normalized spacial score (nSPS) is 18.7. The molecule has 0 aliphatic carbocycles. The van der Waals surface area contributed by atoms with Crippen molar-refractivity contribution in [3.8, 4) is 0 Å². The van der Waals surface area contributed by atoms with Gasteiger partial charge in [-0.25, -0.2) is 9.59 Å². The highest BCUT2D eigenvalue weighted by Gasteiger charge is 2.41. The molecule has 0 aromatic carbocycles. The molecular formula is C27H44Cl2N10O8. The van der Waals surface area contributed by atoms with Crippen molar-refractivity contribution in [3.63, 3.8) is 0 Å². The monoisotopic (exact) mass is 706 g/mol. The Balaban J connectivity index is 2.20. The molecule has 2 heterocycles. The zero-order valence-corrected chi connectivity index (χ0v) is 28.1. The van der Waals surface area contributed by atoms with Crippen molar-refractivity contribution in [3.05, 3.63) is 9.81 Å². The number of hydrogen-bond acceptors (Lipinski definition) is 10. The van der Waals surface area contributed by atoms with E-state index in [1.54, 1.807) is 13.8 Å². The van der Waals surface area contributed by atoms with E-state index in [1.807, 2.05) is 0 Å². The molecule has 2 aliphatic heterocycles. The third-order valence-electron chi connectivity index (χ3n) is 7.97. The van der Waals surface area contributed by atoms with Crippen LogP contribution >= 0.6 is 23.2 Å². The number of likely N-dealkylation sites (tertiary alicyclic amines) is 2. The Morgan fingerprint density at radius 3 is 1.96 bits per heavy atom. The summed E-state index contributed by atoms with van der Waals surface area (Å²) in [6, 6.07) is -5.46. The average molecular weight is 708 g/mol.